The average molecular weight is 218 g/mol. The van der Waals surface area contributed by atoms with E-state index in [2.05, 4.69) is 4.98 Å². The number of hydrogen-bond acceptors (Lipinski definition) is 5. The van der Waals surface area contributed by atoms with Crippen LogP contribution in [0.5, 0.6) is 0 Å². The maximum atomic E-state index is 12.3. The first kappa shape index (κ1) is 11.2. The number of pyridine rings is 1. The molecule has 0 aromatic carbocycles. The van der Waals surface area contributed by atoms with Gasteiger partial charge in [-0.2, -0.15) is 0 Å². The smallest absolute Gasteiger partial charge is 0.319 e. The van der Waals surface area contributed by atoms with Crippen molar-refractivity contribution in [2.75, 3.05) is 5.73 Å². The zero-order valence-corrected chi connectivity index (χ0v) is 7.48. The Balaban J connectivity index is 3.44. The van der Waals surface area contributed by atoms with Crippen LogP contribution in [0.2, 0.25) is 0 Å². The molecule has 0 aliphatic heterocycles. The molecule has 0 bridgehead atoms. The first-order chi connectivity index (χ1) is 6.99. The maximum Gasteiger partial charge on any atom is 0.319 e. The number of anilines is 1. The molecule has 0 aliphatic rings. The van der Waals surface area contributed by atoms with Crippen LogP contribution in [0.1, 0.15) is 17.7 Å². The summed E-state index contributed by atoms with van der Waals surface area (Å²) >= 11 is 0. The molecule has 1 aromatic rings. The van der Waals surface area contributed by atoms with Gasteiger partial charge in [0.2, 0.25) is 0 Å². The zero-order valence-electron chi connectivity index (χ0n) is 7.48. The molecule has 0 fully saturated rings. The van der Waals surface area contributed by atoms with E-state index >= 15 is 0 Å². The van der Waals surface area contributed by atoms with Gasteiger partial charge in [-0.25, -0.2) is 13.8 Å². The molecule has 0 saturated carbocycles. The highest BCUT2D eigenvalue weighted by Gasteiger charge is 2.27. The Kier molecular flexibility index (Phi) is 3.10. The minimum atomic E-state index is -3.04. The van der Waals surface area contributed by atoms with Crippen molar-refractivity contribution in [2.24, 2.45) is 5.73 Å². The molecule has 0 aliphatic carbocycles. The highest BCUT2D eigenvalue weighted by atomic mass is 19.3. The number of nitrogens with zero attached hydrogens (tertiary/aromatic N) is 2. The standard InChI is InChI=1S/C7H8F2N4O2/c8-7(9)5-6(13(14)15)4(11)3(1-10)2-12-5/h2,7H,1,10H2,(H2,11,12). The SMILES string of the molecule is NCc1cnc(C(F)F)c([N+](=O)[O-])c1N. The highest BCUT2D eigenvalue weighted by Crippen LogP contribution is 2.33. The Bertz CT molecular complexity index is 397. The summed E-state index contributed by atoms with van der Waals surface area (Å²) in [5, 5.41) is 10.5. The lowest BCUT2D eigenvalue weighted by atomic mass is 10.1. The van der Waals surface area contributed by atoms with Crippen LogP contribution in [-0.2, 0) is 6.54 Å². The molecule has 8 heteroatoms. The lowest BCUT2D eigenvalue weighted by Crippen LogP contribution is -2.09. The molecule has 0 atom stereocenters. The van der Waals surface area contributed by atoms with Gasteiger partial charge < -0.3 is 11.5 Å². The molecule has 1 heterocycles. The van der Waals surface area contributed by atoms with Crippen LogP contribution in [0.4, 0.5) is 20.2 Å². The third kappa shape index (κ3) is 1.99. The van der Waals surface area contributed by atoms with Gasteiger partial charge in [0.15, 0.2) is 5.69 Å². The van der Waals surface area contributed by atoms with Gasteiger partial charge in [0, 0.05) is 18.3 Å². The predicted molar refractivity (Wildman–Crippen MR) is 48.2 cm³/mol. The van der Waals surface area contributed by atoms with E-state index in [-0.39, 0.29) is 17.8 Å². The summed E-state index contributed by atoms with van der Waals surface area (Å²) in [4.78, 5) is 12.8. The van der Waals surface area contributed by atoms with Crippen molar-refractivity contribution in [1.82, 2.24) is 4.98 Å². The van der Waals surface area contributed by atoms with Gasteiger partial charge in [0.1, 0.15) is 5.69 Å². The number of alkyl halides is 2. The molecule has 15 heavy (non-hydrogen) atoms. The maximum absolute atomic E-state index is 12.3. The van der Waals surface area contributed by atoms with Crippen LogP contribution >= 0.6 is 0 Å². The van der Waals surface area contributed by atoms with Crippen LogP contribution in [0, 0.1) is 10.1 Å². The van der Waals surface area contributed by atoms with Crippen molar-refractivity contribution in [3.05, 3.63) is 27.6 Å². The fraction of sp³-hybridized carbons (Fsp3) is 0.286. The van der Waals surface area contributed by atoms with Crippen LogP contribution < -0.4 is 11.5 Å². The van der Waals surface area contributed by atoms with Crippen molar-refractivity contribution in [1.29, 1.82) is 0 Å². The lowest BCUT2D eigenvalue weighted by Gasteiger charge is -2.06. The fourth-order valence-corrected chi connectivity index (χ4v) is 1.08. The normalized spacial score (nSPS) is 10.7. The Morgan fingerprint density at radius 1 is 1.60 bits per heavy atom. The van der Waals surface area contributed by atoms with Crippen molar-refractivity contribution >= 4 is 11.4 Å². The summed E-state index contributed by atoms with van der Waals surface area (Å²) in [6, 6.07) is 0. The Morgan fingerprint density at radius 3 is 2.60 bits per heavy atom. The second-order valence-electron chi connectivity index (χ2n) is 2.69. The molecule has 6 nitrogen and oxygen atoms in total. The van der Waals surface area contributed by atoms with Crippen LogP contribution in [0.25, 0.3) is 0 Å². The molecule has 4 N–H and O–H groups in total. The second kappa shape index (κ2) is 4.13. The van der Waals surface area contributed by atoms with Crippen molar-refractivity contribution < 1.29 is 13.7 Å². The monoisotopic (exact) mass is 218 g/mol. The third-order valence-electron chi connectivity index (χ3n) is 1.81. The number of aromatic nitrogens is 1. The van der Waals surface area contributed by atoms with E-state index in [9.17, 15) is 18.9 Å². The van der Waals surface area contributed by atoms with E-state index < -0.39 is 22.7 Å². The molecular weight excluding hydrogens is 210 g/mol. The molecule has 0 radical (unpaired) electrons. The van der Waals surface area contributed by atoms with Gasteiger partial charge in [-0.05, 0) is 0 Å². The summed E-state index contributed by atoms with van der Waals surface area (Å²) in [5.41, 5.74) is 8.57. The third-order valence-corrected chi connectivity index (χ3v) is 1.81. The zero-order chi connectivity index (χ0) is 11.6. The van der Waals surface area contributed by atoms with E-state index in [4.69, 9.17) is 11.5 Å². The second-order valence-corrected chi connectivity index (χ2v) is 2.69. The van der Waals surface area contributed by atoms with Crippen molar-refractivity contribution in [3.63, 3.8) is 0 Å². The molecule has 0 saturated heterocycles. The van der Waals surface area contributed by atoms with Gasteiger partial charge in [0.25, 0.3) is 6.43 Å². The summed E-state index contributed by atoms with van der Waals surface area (Å²) in [5.74, 6) is 0. The molecule has 0 amide bonds. The van der Waals surface area contributed by atoms with Gasteiger partial charge >= 0.3 is 5.69 Å². The Labute approximate surface area is 83.0 Å². The molecule has 1 aromatic heterocycles. The van der Waals surface area contributed by atoms with E-state index in [1.165, 1.54) is 0 Å². The highest BCUT2D eigenvalue weighted by molar-refractivity contribution is 5.64. The first-order valence-corrected chi connectivity index (χ1v) is 3.88. The minimum absolute atomic E-state index is 0.0941. The fourth-order valence-electron chi connectivity index (χ4n) is 1.08. The lowest BCUT2D eigenvalue weighted by molar-refractivity contribution is -0.385. The molecular formula is C7H8F2N4O2. The predicted octanol–water partition coefficient (Wildman–Crippen LogP) is 0.968. The number of hydrogen-bond donors (Lipinski definition) is 2. The summed E-state index contributed by atoms with van der Waals surface area (Å²) in [6.45, 7) is -0.0941. The van der Waals surface area contributed by atoms with E-state index in [0.717, 1.165) is 6.20 Å². The Hall–Kier alpha value is -1.83. The first-order valence-electron chi connectivity index (χ1n) is 3.88. The van der Waals surface area contributed by atoms with Crippen molar-refractivity contribution in [2.45, 2.75) is 13.0 Å². The molecule has 0 spiro atoms. The number of rotatable bonds is 3. The summed E-state index contributed by atoms with van der Waals surface area (Å²) < 4.78 is 24.7. The van der Waals surface area contributed by atoms with E-state index in [0.29, 0.717) is 0 Å². The summed E-state index contributed by atoms with van der Waals surface area (Å²) in [6.07, 6.45) is -2.02. The van der Waals surface area contributed by atoms with Crippen LogP contribution in [0.3, 0.4) is 0 Å². The molecule has 0 unspecified atom stereocenters. The average Bonchev–Trinajstić information content (AvgIpc) is 2.16. The van der Waals surface area contributed by atoms with E-state index in [1.54, 1.807) is 0 Å². The van der Waals surface area contributed by atoms with Gasteiger partial charge in [-0.15, -0.1) is 0 Å². The van der Waals surface area contributed by atoms with Crippen molar-refractivity contribution in [3.8, 4) is 0 Å². The largest absolute Gasteiger partial charge is 0.393 e. The Morgan fingerprint density at radius 2 is 2.20 bits per heavy atom. The van der Waals surface area contributed by atoms with Crippen LogP contribution in [0.15, 0.2) is 6.20 Å². The minimum Gasteiger partial charge on any atom is -0.393 e. The van der Waals surface area contributed by atoms with E-state index in [1.807, 2.05) is 0 Å². The number of halogens is 2. The summed E-state index contributed by atoms with van der Waals surface area (Å²) in [7, 11) is 0. The quantitative estimate of drug-likeness (QED) is 0.580. The van der Waals surface area contributed by atoms with Gasteiger partial charge in [0.05, 0.1) is 4.92 Å². The van der Waals surface area contributed by atoms with Gasteiger partial charge in [-0.3, -0.25) is 10.1 Å². The van der Waals surface area contributed by atoms with Gasteiger partial charge in [-0.1, -0.05) is 0 Å². The topological polar surface area (TPSA) is 108 Å². The number of nitro groups is 1. The molecule has 82 valence electrons. The van der Waals surface area contributed by atoms with Crippen LogP contribution in [-0.4, -0.2) is 9.91 Å². The molecule has 1 rings (SSSR count). The number of nitrogens with two attached hydrogens (primary N) is 2. The number of nitrogen functional groups attached to an aromatic ring is 1.